The van der Waals surface area contributed by atoms with Crippen LogP contribution in [-0.4, -0.2) is 32.3 Å². The highest BCUT2D eigenvalue weighted by Crippen LogP contribution is 2.17. The number of aryl methyl sites for hydroxylation is 1. The first kappa shape index (κ1) is 14.4. The molecule has 0 aliphatic carbocycles. The van der Waals surface area contributed by atoms with Crippen molar-refractivity contribution >= 4 is 27.7 Å². The summed E-state index contributed by atoms with van der Waals surface area (Å²) in [7, 11) is 0. The lowest BCUT2D eigenvalue weighted by Crippen LogP contribution is -2.15. The minimum atomic E-state index is -0.355. The molecule has 0 aromatic carbocycles. The lowest BCUT2D eigenvalue weighted by Gasteiger charge is -2.05. The van der Waals surface area contributed by atoms with Crippen molar-refractivity contribution < 1.29 is 9.53 Å². The molecule has 0 saturated heterocycles. The SMILES string of the molecule is CCOc1cncc(NC(=O)c2nn(CC)cc2Br)n1. The maximum atomic E-state index is 12.1. The molecule has 0 radical (unpaired) electrons. The van der Waals surface area contributed by atoms with E-state index in [9.17, 15) is 4.79 Å². The fourth-order valence-electron chi connectivity index (χ4n) is 1.51. The maximum absolute atomic E-state index is 12.1. The van der Waals surface area contributed by atoms with Gasteiger partial charge in [0.05, 0.1) is 23.5 Å². The van der Waals surface area contributed by atoms with Gasteiger partial charge in [0, 0.05) is 12.7 Å². The normalized spacial score (nSPS) is 10.3. The van der Waals surface area contributed by atoms with E-state index < -0.39 is 0 Å². The molecule has 0 spiro atoms. The third-order valence-corrected chi connectivity index (χ3v) is 2.98. The zero-order chi connectivity index (χ0) is 14.5. The molecule has 8 heteroatoms. The first-order valence-electron chi connectivity index (χ1n) is 6.13. The summed E-state index contributed by atoms with van der Waals surface area (Å²) >= 11 is 3.31. The van der Waals surface area contributed by atoms with Crippen LogP contribution < -0.4 is 10.1 Å². The average Bonchev–Trinajstić information content (AvgIpc) is 2.81. The van der Waals surface area contributed by atoms with Gasteiger partial charge in [0.15, 0.2) is 11.5 Å². The Morgan fingerprint density at radius 1 is 1.45 bits per heavy atom. The van der Waals surface area contributed by atoms with E-state index in [4.69, 9.17) is 4.74 Å². The van der Waals surface area contributed by atoms with Gasteiger partial charge in [0.25, 0.3) is 5.91 Å². The zero-order valence-electron chi connectivity index (χ0n) is 11.1. The minimum Gasteiger partial charge on any atom is -0.477 e. The monoisotopic (exact) mass is 339 g/mol. The van der Waals surface area contributed by atoms with Crippen LogP contribution in [0.3, 0.4) is 0 Å². The van der Waals surface area contributed by atoms with E-state index in [2.05, 4.69) is 36.3 Å². The molecule has 0 atom stereocenters. The topological polar surface area (TPSA) is 81.9 Å². The average molecular weight is 340 g/mol. The van der Waals surface area contributed by atoms with Crippen molar-refractivity contribution in [2.24, 2.45) is 0 Å². The van der Waals surface area contributed by atoms with Crippen molar-refractivity contribution in [1.82, 2.24) is 19.7 Å². The Hall–Kier alpha value is -1.96. The molecule has 20 heavy (non-hydrogen) atoms. The molecule has 1 amide bonds. The highest BCUT2D eigenvalue weighted by atomic mass is 79.9. The summed E-state index contributed by atoms with van der Waals surface area (Å²) in [5, 5.41) is 6.80. The van der Waals surface area contributed by atoms with Crippen LogP contribution in [0.2, 0.25) is 0 Å². The highest BCUT2D eigenvalue weighted by Gasteiger charge is 2.15. The Bertz CT molecular complexity index is 614. The molecule has 2 heterocycles. The van der Waals surface area contributed by atoms with Crippen molar-refractivity contribution in [3.8, 4) is 5.88 Å². The summed E-state index contributed by atoms with van der Waals surface area (Å²) in [6.07, 6.45) is 4.68. The number of nitrogens with zero attached hydrogens (tertiary/aromatic N) is 4. The second-order valence-corrected chi connectivity index (χ2v) is 4.67. The summed E-state index contributed by atoms with van der Waals surface area (Å²) in [5.74, 6) is 0.328. The number of aromatic nitrogens is 4. The third-order valence-electron chi connectivity index (χ3n) is 2.40. The Morgan fingerprint density at radius 2 is 2.25 bits per heavy atom. The zero-order valence-corrected chi connectivity index (χ0v) is 12.7. The van der Waals surface area contributed by atoms with E-state index >= 15 is 0 Å². The first-order chi connectivity index (χ1) is 9.63. The minimum absolute atomic E-state index is 0.301. The number of hydrogen-bond acceptors (Lipinski definition) is 5. The number of halogens is 1. The Labute approximate surface area is 124 Å². The van der Waals surface area contributed by atoms with Crippen LogP contribution in [0.1, 0.15) is 24.3 Å². The second kappa shape index (κ2) is 6.47. The summed E-state index contributed by atoms with van der Waals surface area (Å²) in [6.45, 7) is 4.96. The van der Waals surface area contributed by atoms with Gasteiger partial charge in [-0.2, -0.15) is 10.1 Å². The molecule has 0 aliphatic heterocycles. The van der Waals surface area contributed by atoms with Gasteiger partial charge in [-0.3, -0.25) is 14.5 Å². The van der Waals surface area contributed by atoms with Crippen molar-refractivity contribution in [3.63, 3.8) is 0 Å². The summed E-state index contributed by atoms with van der Waals surface area (Å²) in [5.41, 5.74) is 0.301. The molecule has 1 N–H and O–H groups in total. The highest BCUT2D eigenvalue weighted by molar-refractivity contribution is 9.10. The number of rotatable bonds is 5. The van der Waals surface area contributed by atoms with Crippen LogP contribution in [-0.2, 0) is 6.54 Å². The quantitative estimate of drug-likeness (QED) is 0.901. The van der Waals surface area contributed by atoms with Crippen molar-refractivity contribution in [2.45, 2.75) is 20.4 Å². The van der Waals surface area contributed by atoms with Gasteiger partial charge >= 0.3 is 0 Å². The van der Waals surface area contributed by atoms with Crippen LogP contribution >= 0.6 is 15.9 Å². The molecule has 7 nitrogen and oxygen atoms in total. The van der Waals surface area contributed by atoms with Gasteiger partial charge < -0.3 is 10.1 Å². The molecule has 106 valence electrons. The summed E-state index contributed by atoms with van der Waals surface area (Å²) < 4.78 is 7.52. The number of amides is 1. The van der Waals surface area contributed by atoms with Gasteiger partial charge in [-0.1, -0.05) is 0 Å². The van der Waals surface area contributed by atoms with E-state index in [1.54, 1.807) is 10.9 Å². The van der Waals surface area contributed by atoms with Gasteiger partial charge in [-0.05, 0) is 29.8 Å². The number of ether oxygens (including phenoxy) is 1. The fourth-order valence-corrected chi connectivity index (χ4v) is 2.01. The number of anilines is 1. The van der Waals surface area contributed by atoms with Crippen LogP contribution in [0.4, 0.5) is 5.82 Å². The first-order valence-corrected chi connectivity index (χ1v) is 6.92. The van der Waals surface area contributed by atoms with E-state index in [0.29, 0.717) is 35.0 Å². The predicted molar refractivity (Wildman–Crippen MR) is 76.8 cm³/mol. The third kappa shape index (κ3) is 3.32. The van der Waals surface area contributed by atoms with Crippen LogP contribution in [0, 0.1) is 0 Å². The lowest BCUT2D eigenvalue weighted by atomic mass is 10.4. The second-order valence-electron chi connectivity index (χ2n) is 3.81. The lowest BCUT2D eigenvalue weighted by molar-refractivity contribution is 0.102. The van der Waals surface area contributed by atoms with E-state index in [0.717, 1.165) is 0 Å². The fraction of sp³-hybridized carbons (Fsp3) is 0.333. The Kier molecular flexibility index (Phi) is 4.67. The Balaban J connectivity index is 2.14. The molecular formula is C12H14BrN5O2. The molecule has 0 unspecified atom stereocenters. The molecule has 0 fully saturated rings. The van der Waals surface area contributed by atoms with Gasteiger partial charge in [-0.15, -0.1) is 0 Å². The number of carbonyl (C=O) groups excluding carboxylic acids is 1. The van der Waals surface area contributed by atoms with E-state index in [1.807, 2.05) is 13.8 Å². The van der Waals surface area contributed by atoms with Crippen molar-refractivity contribution in [2.75, 3.05) is 11.9 Å². The Morgan fingerprint density at radius 3 is 2.90 bits per heavy atom. The molecule has 0 saturated carbocycles. The van der Waals surface area contributed by atoms with Crippen LogP contribution in [0.25, 0.3) is 0 Å². The summed E-state index contributed by atoms with van der Waals surface area (Å²) in [6, 6.07) is 0. The number of hydrogen-bond donors (Lipinski definition) is 1. The van der Waals surface area contributed by atoms with Gasteiger partial charge in [-0.25, -0.2) is 0 Å². The van der Waals surface area contributed by atoms with E-state index in [1.165, 1.54) is 12.4 Å². The van der Waals surface area contributed by atoms with Crippen molar-refractivity contribution in [1.29, 1.82) is 0 Å². The predicted octanol–water partition coefficient (Wildman–Crippen LogP) is 2.11. The molecule has 2 aromatic rings. The number of carbonyl (C=O) groups is 1. The molecule has 0 bridgehead atoms. The number of nitrogens with one attached hydrogen (secondary N) is 1. The molecule has 2 aromatic heterocycles. The molecule has 0 aliphatic rings. The molecule has 2 rings (SSSR count). The smallest absolute Gasteiger partial charge is 0.278 e. The molecular weight excluding hydrogens is 326 g/mol. The van der Waals surface area contributed by atoms with Gasteiger partial charge in [0.1, 0.15) is 0 Å². The summed E-state index contributed by atoms with van der Waals surface area (Å²) in [4.78, 5) is 20.2. The van der Waals surface area contributed by atoms with Crippen molar-refractivity contribution in [3.05, 3.63) is 28.8 Å². The maximum Gasteiger partial charge on any atom is 0.278 e. The standard InChI is InChI=1S/C12H14BrN5O2/c1-3-18-7-8(13)11(17-18)12(19)16-9-5-14-6-10(15-9)20-4-2/h5-7H,3-4H2,1-2H3,(H,15,16,19). The van der Waals surface area contributed by atoms with Gasteiger partial charge in [0.2, 0.25) is 5.88 Å². The van der Waals surface area contributed by atoms with Crippen LogP contribution in [0.5, 0.6) is 5.88 Å². The van der Waals surface area contributed by atoms with Crippen LogP contribution in [0.15, 0.2) is 23.1 Å². The largest absolute Gasteiger partial charge is 0.477 e. The van der Waals surface area contributed by atoms with E-state index in [-0.39, 0.29) is 5.91 Å².